The number of benzene rings is 2. The minimum atomic E-state index is -1.53. The fraction of sp³-hybridized carbons (Fsp3) is 0.167. The Labute approximate surface area is 200 Å². The van der Waals surface area contributed by atoms with E-state index in [1.165, 1.54) is 26.5 Å². The van der Waals surface area contributed by atoms with Gasteiger partial charge in [0, 0.05) is 6.20 Å². The van der Waals surface area contributed by atoms with Crippen molar-refractivity contribution in [2.75, 3.05) is 26.1 Å². The van der Waals surface area contributed by atoms with Gasteiger partial charge in [0.1, 0.15) is 23.9 Å². The Hall–Kier alpha value is -4.11. The first-order valence-electron chi connectivity index (χ1n) is 10.2. The smallest absolute Gasteiger partial charge is 0.326 e. The fourth-order valence-corrected chi connectivity index (χ4v) is 3.85. The van der Waals surface area contributed by atoms with Crippen LogP contribution in [-0.2, 0) is 15.1 Å². The molecule has 0 bridgehead atoms. The zero-order valence-corrected chi connectivity index (χ0v) is 19.1. The number of anilines is 1. The molecule has 10 heteroatoms. The molecule has 0 spiro atoms. The molecular weight excluding hydrogens is 460 g/mol. The Balaban J connectivity index is 1.67. The number of carbonyl (C=O) groups excluding carboxylic acids is 3. The summed E-state index contributed by atoms with van der Waals surface area (Å²) in [6.07, 6.45) is 1.38. The van der Waals surface area contributed by atoms with Crippen LogP contribution in [0.15, 0.2) is 66.9 Å². The van der Waals surface area contributed by atoms with Crippen molar-refractivity contribution < 1.29 is 23.9 Å². The largest absolute Gasteiger partial charge is 0.497 e. The van der Waals surface area contributed by atoms with Gasteiger partial charge in [0.25, 0.3) is 5.91 Å². The fourth-order valence-electron chi connectivity index (χ4n) is 3.74. The van der Waals surface area contributed by atoms with Crippen LogP contribution in [0.3, 0.4) is 0 Å². The standard InChI is InChI=1S/C24H21ClN4O5/c1-33-18-8-3-15(4-9-18)24(16-5-10-19(34-2)11-6-16)22(31)29(23(32)28-24)14-21(30)27-20-12-7-17(25)13-26-20/h3-13H,14H2,1-2H3,(H,28,32)(H,26,27,30). The number of nitrogens with zero attached hydrogens (tertiary/aromatic N) is 2. The molecule has 2 heterocycles. The molecule has 3 aromatic rings. The van der Waals surface area contributed by atoms with Gasteiger partial charge in [0.05, 0.1) is 19.2 Å². The minimum Gasteiger partial charge on any atom is -0.497 e. The monoisotopic (exact) mass is 480 g/mol. The summed E-state index contributed by atoms with van der Waals surface area (Å²) in [6.45, 7) is -0.497. The lowest BCUT2D eigenvalue weighted by atomic mass is 9.82. The summed E-state index contributed by atoms with van der Waals surface area (Å²) in [5, 5.41) is 5.77. The van der Waals surface area contributed by atoms with E-state index in [1.54, 1.807) is 54.6 Å². The topological polar surface area (TPSA) is 110 Å². The van der Waals surface area contributed by atoms with Crippen molar-refractivity contribution in [1.82, 2.24) is 15.2 Å². The highest BCUT2D eigenvalue weighted by atomic mass is 35.5. The molecule has 0 aliphatic carbocycles. The maximum Gasteiger partial charge on any atom is 0.326 e. The Morgan fingerprint density at radius 3 is 2.00 bits per heavy atom. The van der Waals surface area contributed by atoms with Crippen LogP contribution in [0.4, 0.5) is 10.6 Å². The first kappa shape index (κ1) is 23.1. The molecule has 4 amide bonds. The molecule has 2 aromatic carbocycles. The maximum absolute atomic E-state index is 13.7. The molecule has 4 rings (SSSR count). The second kappa shape index (κ2) is 9.40. The van der Waals surface area contributed by atoms with Crippen molar-refractivity contribution in [3.63, 3.8) is 0 Å². The Morgan fingerprint density at radius 2 is 1.53 bits per heavy atom. The van der Waals surface area contributed by atoms with E-state index < -0.39 is 29.9 Å². The van der Waals surface area contributed by atoms with Crippen LogP contribution in [0.1, 0.15) is 11.1 Å². The van der Waals surface area contributed by atoms with Gasteiger partial charge in [-0.2, -0.15) is 0 Å². The Kier molecular flexibility index (Phi) is 6.38. The molecular formula is C24H21ClN4O5. The van der Waals surface area contributed by atoms with Crippen LogP contribution in [0.2, 0.25) is 5.02 Å². The van der Waals surface area contributed by atoms with Gasteiger partial charge < -0.3 is 20.1 Å². The molecule has 0 radical (unpaired) electrons. The van der Waals surface area contributed by atoms with E-state index in [-0.39, 0.29) is 5.82 Å². The number of imide groups is 1. The SMILES string of the molecule is COc1ccc(C2(c3ccc(OC)cc3)NC(=O)N(CC(=O)Nc3ccc(Cl)cn3)C2=O)cc1. The van der Waals surface area contributed by atoms with Crippen molar-refractivity contribution in [3.8, 4) is 11.5 Å². The first-order valence-corrected chi connectivity index (χ1v) is 10.6. The number of carbonyl (C=O) groups is 3. The van der Waals surface area contributed by atoms with E-state index >= 15 is 0 Å². The summed E-state index contributed by atoms with van der Waals surface area (Å²) in [6, 6.07) is 16.0. The third kappa shape index (κ3) is 4.25. The second-order valence-electron chi connectivity index (χ2n) is 7.44. The number of methoxy groups -OCH3 is 2. The van der Waals surface area contributed by atoms with Gasteiger partial charge in [0.15, 0.2) is 5.54 Å². The summed E-state index contributed by atoms with van der Waals surface area (Å²) >= 11 is 5.81. The Bertz CT molecular complexity index is 1170. The van der Waals surface area contributed by atoms with E-state index in [9.17, 15) is 14.4 Å². The zero-order chi connectivity index (χ0) is 24.3. The summed E-state index contributed by atoms with van der Waals surface area (Å²) in [7, 11) is 3.07. The number of aromatic nitrogens is 1. The van der Waals surface area contributed by atoms with E-state index in [0.29, 0.717) is 27.6 Å². The van der Waals surface area contributed by atoms with Crippen LogP contribution < -0.4 is 20.1 Å². The lowest BCUT2D eigenvalue weighted by molar-refractivity contribution is -0.133. The lowest BCUT2D eigenvalue weighted by Crippen LogP contribution is -2.45. The molecule has 0 unspecified atom stereocenters. The van der Waals surface area contributed by atoms with Gasteiger partial charge in [-0.25, -0.2) is 9.78 Å². The molecule has 1 saturated heterocycles. The van der Waals surface area contributed by atoms with Crippen molar-refractivity contribution in [2.45, 2.75) is 5.54 Å². The van der Waals surface area contributed by atoms with Gasteiger partial charge in [0.2, 0.25) is 5.91 Å². The molecule has 2 N–H and O–H groups in total. The average Bonchev–Trinajstić information content (AvgIpc) is 3.11. The Morgan fingerprint density at radius 1 is 0.971 bits per heavy atom. The molecule has 1 fully saturated rings. The number of urea groups is 1. The van der Waals surface area contributed by atoms with E-state index in [1.807, 2.05) is 0 Å². The number of amides is 4. The average molecular weight is 481 g/mol. The summed E-state index contributed by atoms with van der Waals surface area (Å²) in [5.41, 5.74) is -0.507. The number of nitrogens with one attached hydrogen (secondary N) is 2. The quantitative estimate of drug-likeness (QED) is 0.502. The lowest BCUT2D eigenvalue weighted by Gasteiger charge is -2.28. The summed E-state index contributed by atoms with van der Waals surface area (Å²) in [5.74, 6) is 0.262. The van der Waals surface area contributed by atoms with E-state index in [2.05, 4.69) is 15.6 Å². The van der Waals surface area contributed by atoms with Gasteiger partial charge in [-0.1, -0.05) is 35.9 Å². The first-order chi connectivity index (χ1) is 16.4. The number of ether oxygens (including phenoxy) is 2. The van der Waals surface area contributed by atoms with Gasteiger partial charge in [-0.15, -0.1) is 0 Å². The van der Waals surface area contributed by atoms with Crippen LogP contribution >= 0.6 is 11.6 Å². The normalized spacial score (nSPS) is 14.5. The van der Waals surface area contributed by atoms with Crippen LogP contribution in [0.5, 0.6) is 11.5 Å². The highest BCUT2D eigenvalue weighted by Crippen LogP contribution is 2.37. The minimum absolute atomic E-state index is 0.248. The van der Waals surface area contributed by atoms with Gasteiger partial charge in [-0.3, -0.25) is 14.5 Å². The van der Waals surface area contributed by atoms with Crippen LogP contribution in [0, 0.1) is 0 Å². The van der Waals surface area contributed by atoms with E-state index in [0.717, 1.165) is 4.90 Å². The molecule has 1 aromatic heterocycles. The molecule has 1 aliphatic heterocycles. The maximum atomic E-state index is 13.7. The molecule has 34 heavy (non-hydrogen) atoms. The highest BCUT2D eigenvalue weighted by Gasteiger charge is 2.54. The number of rotatable bonds is 7. The van der Waals surface area contributed by atoms with Crippen molar-refractivity contribution >= 4 is 35.3 Å². The number of hydrogen-bond acceptors (Lipinski definition) is 6. The molecule has 174 valence electrons. The third-order valence-electron chi connectivity index (χ3n) is 5.45. The van der Waals surface area contributed by atoms with Crippen molar-refractivity contribution in [2.24, 2.45) is 0 Å². The predicted molar refractivity (Wildman–Crippen MR) is 125 cm³/mol. The predicted octanol–water partition coefficient (Wildman–Crippen LogP) is 3.19. The molecule has 1 aliphatic rings. The molecule has 0 saturated carbocycles. The number of pyridine rings is 1. The number of hydrogen-bond donors (Lipinski definition) is 2. The second-order valence-corrected chi connectivity index (χ2v) is 7.87. The zero-order valence-electron chi connectivity index (χ0n) is 18.4. The van der Waals surface area contributed by atoms with E-state index in [4.69, 9.17) is 21.1 Å². The molecule has 0 atom stereocenters. The highest BCUT2D eigenvalue weighted by molar-refractivity contribution is 6.30. The van der Waals surface area contributed by atoms with Gasteiger partial charge in [-0.05, 0) is 47.5 Å². The van der Waals surface area contributed by atoms with Crippen molar-refractivity contribution in [3.05, 3.63) is 83.0 Å². The van der Waals surface area contributed by atoms with Gasteiger partial charge >= 0.3 is 6.03 Å². The van der Waals surface area contributed by atoms with Crippen LogP contribution in [-0.4, -0.2) is 48.5 Å². The van der Waals surface area contributed by atoms with Crippen LogP contribution in [0.25, 0.3) is 0 Å². The summed E-state index contributed by atoms with van der Waals surface area (Å²) < 4.78 is 10.4. The third-order valence-corrected chi connectivity index (χ3v) is 5.67. The van der Waals surface area contributed by atoms with Crippen molar-refractivity contribution in [1.29, 1.82) is 0 Å². The summed E-state index contributed by atoms with van der Waals surface area (Å²) in [4.78, 5) is 44.2. The number of halogens is 1. The molecule has 9 nitrogen and oxygen atoms in total.